The maximum atomic E-state index is 14.2. The highest BCUT2D eigenvalue weighted by Gasteiger charge is 2.21. The SMILES string of the molecule is COc1ccc(-c2cn(CC#N)nc2-c2ccccc2S(N)(=O)=O)cc1F. The Morgan fingerprint density at radius 1 is 1.26 bits per heavy atom. The molecular formula is C18H15FN4O3S. The molecule has 3 rings (SSSR count). The molecular weight excluding hydrogens is 371 g/mol. The summed E-state index contributed by atoms with van der Waals surface area (Å²) in [4.78, 5) is -0.109. The molecule has 0 saturated heterocycles. The van der Waals surface area contributed by atoms with Crippen LogP contribution in [0.15, 0.2) is 53.6 Å². The zero-order valence-corrected chi connectivity index (χ0v) is 15.1. The number of hydrogen-bond donors (Lipinski definition) is 1. The van der Waals surface area contributed by atoms with E-state index < -0.39 is 15.8 Å². The van der Waals surface area contributed by atoms with Gasteiger partial charge in [0.05, 0.1) is 18.1 Å². The molecule has 2 N–H and O–H groups in total. The second-order valence-electron chi connectivity index (χ2n) is 5.64. The first-order valence-corrected chi connectivity index (χ1v) is 9.30. The first-order valence-electron chi connectivity index (χ1n) is 7.75. The van der Waals surface area contributed by atoms with Crippen molar-refractivity contribution < 1.29 is 17.5 Å². The summed E-state index contributed by atoms with van der Waals surface area (Å²) in [6.07, 6.45) is 1.56. The molecule has 0 radical (unpaired) electrons. The number of methoxy groups -OCH3 is 1. The number of primary sulfonamides is 1. The highest BCUT2D eigenvalue weighted by molar-refractivity contribution is 7.89. The Hall–Kier alpha value is -3.22. The quantitative estimate of drug-likeness (QED) is 0.724. The highest BCUT2D eigenvalue weighted by atomic mass is 32.2. The maximum Gasteiger partial charge on any atom is 0.238 e. The van der Waals surface area contributed by atoms with E-state index in [1.807, 2.05) is 6.07 Å². The molecule has 0 fully saturated rings. The number of nitrogens with two attached hydrogens (primary N) is 1. The van der Waals surface area contributed by atoms with Crippen molar-refractivity contribution in [2.24, 2.45) is 5.14 Å². The normalized spacial score (nSPS) is 11.2. The smallest absolute Gasteiger partial charge is 0.238 e. The van der Waals surface area contributed by atoms with Crippen molar-refractivity contribution in [1.29, 1.82) is 5.26 Å². The lowest BCUT2D eigenvalue weighted by molar-refractivity contribution is 0.386. The third-order valence-electron chi connectivity index (χ3n) is 3.91. The van der Waals surface area contributed by atoms with E-state index in [1.165, 1.54) is 30.0 Å². The van der Waals surface area contributed by atoms with Gasteiger partial charge in [-0.25, -0.2) is 17.9 Å². The molecule has 27 heavy (non-hydrogen) atoms. The van der Waals surface area contributed by atoms with E-state index in [4.69, 9.17) is 15.1 Å². The second-order valence-corrected chi connectivity index (χ2v) is 7.17. The van der Waals surface area contributed by atoms with Crippen LogP contribution in [0.1, 0.15) is 0 Å². The van der Waals surface area contributed by atoms with Crippen LogP contribution in [-0.4, -0.2) is 25.3 Å². The Labute approximate surface area is 155 Å². The lowest BCUT2D eigenvalue weighted by Gasteiger charge is -2.09. The number of nitrogens with zero attached hydrogens (tertiary/aromatic N) is 3. The van der Waals surface area contributed by atoms with Crippen LogP contribution in [0.25, 0.3) is 22.4 Å². The summed E-state index contributed by atoms with van der Waals surface area (Å²) >= 11 is 0. The van der Waals surface area contributed by atoms with Gasteiger partial charge in [0.1, 0.15) is 12.2 Å². The van der Waals surface area contributed by atoms with Crippen molar-refractivity contribution >= 4 is 10.0 Å². The molecule has 9 heteroatoms. The van der Waals surface area contributed by atoms with E-state index in [2.05, 4.69) is 5.10 Å². The van der Waals surface area contributed by atoms with Gasteiger partial charge in [0.25, 0.3) is 0 Å². The molecule has 0 aliphatic heterocycles. The standard InChI is InChI=1S/C18H15FN4O3S/c1-26-16-7-6-12(10-15(16)19)14-11-23(9-8-20)22-18(14)13-4-2-3-5-17(13)27(21,24)25/h2-7,10-11H,9H2,1H3,(H2,21,24,25). The minimum Gasteiger partial charge on any atom is -0.494 e. The molecule has 0 aliphatic rings. The summed E-state index contributed by atoms with van der Waals surface area (Å²) in [6, 6.07) is 12.4. The number of halogens is 1. The number of nitriles is 1. The van der Waals surface area contributed by atoms with E-state index in [1.54, 1.807) is 30.5 Å². The molecule has 2 aromatic carbocycles. The van der Waals surface area contributed by atoms with E-state index in [-0.39, 0.29) is 28.4 Å². The largest absolute Gasteiger partial charge is 0.494 e. The van der Waals surface area contributed by atoms with Crippen LogP contribution in [0.4, 0.5) is 4.39 Å². The third-order valence-corrected chi connectivity index (χ3v) is 4.87. The fourth-order valence-electron chi connectivity index (χ4n) is 2.73. The van der Waals surface area contributed by atoms with Crippen molar-refractivity contribution in [3.05, 3.63) is 54.5 Å². The van der Waals surface area contributed by atoms with Crippen LogP contribution in [0, 0.1) is 17.1 Å². The maximum absolute atomic E-state index is 14.2. The first-order chi connectivity index (χ1) is 12.8. The van der Waals surface area contributed by atoms with Gasteiger partial charge in [-0.15, -0.1) is 0 Å². The van der Waals surface area contributed by atoms with Gasteiger partial charge in [-0.3, -0.25) is 4.68 Å². The zero-order valence-electron chi connectivity index (χ0n) is 14.3. The van der Waals surface area contributed by atoms with Crippen molar-refractivity contribution in [3.63, 3.8) is 0 Å². The highest BCUT2D eigenvalue weighted by Crippen LogP contribution is 2.35. The number of ether oxygens (including phenoxy) is 1. The summed E-state index contributed by atoms with van der Waals surface area (Å²) in [5.74, 6) is -0.497. The summed E-state index contributed by atoms with van der Waals surface area (Å²) in [6.45, 7) is -0.0524. The van der Waals surface area contributed by atoms with E-state index in [9.17, 15) is 12.8 Å². The molecule has 0 atom stereocenters. The number of hydrogen-bond acceptors (Lipinski definition) is 5. The number of rotatable bonds is 5. The predicted octanol–water partition coefficient (Wildman–Crippen LogP) is 2.54. The summed E-state index contributed by atoms with van der Waals surface area (Å²) < 4.78 is 44.4. The summed E-state index contributed by atoms with van der Waals surface area (Å²) in [7, 11) is -2.65. The van der Waals surface area contributed by atoms with Crippen LogP contribution in [-0.2, 0) is 16.6 Å². The van der Waals surface area contributed by atoms with Gasteiger partial charge >= 0.3 is 0 Å². The van der Waals surface area contributed by atoms with Crippen molar-refractivity contribution in [2.45, 2.75) is 11.4 Å². The van der Waals surface area contributed by atoms with Gasteiger partial charge in [0.15, 0.2) is 11.6 Å². The third kappa shape index (κ3) is 3.67. The Kier molecular flexibility index (Phi) is 4.94. The van der Waals surface area contributed by atoms with Crippen LogP contribution in [0.3, 0.4) is 0 Å². The topological polar surface area (TPSA) is 111 Å². The molecule has 1 aromatic heterocycles. The van der Waals surface area contributed by atoms with Gasteiger partial charge in [0.2, 0.25) is 10.0 Å². The van der Waals surface area contributed by atoms with Gasteiger partial charge in [-0.2, -0.15) is 10.4 Å². The lowest BCUT2D eigenvalue weighted by Crippen LogP contribution is -2.13. The predicted molar refractivity (Wildman–Crippen MR) is 96.6 cm³/mol. The van der Waals surface area contributed by atoms with Gasteiger partial charge in [-0.1, -0.05) is 24.3 Å². The monoisotopic (exact) mass is 386 g/mol. The summed E-state index contributed by atoms with van der Waals surface area (Å²) in [5.41, 5.74) is 1.46. The number of sulfonamides is 1. The Bertz CT molecular complexity index is 1150. The minimum atomic E-state index is -4.01. The first kappa shape index (κ1) is 18.6. The summed E-state index contributed by atoms with van der Waals surface area (Å²) in [5, 5.41) is 18.6. The van der Waals surface area contributed by atoms with Crippen molar-refractivity contribution in [2.75, 3.05) is 7.11 Å². The fraction of sp³-hybridized carbons (Fsp3) is 0.111. The molecule has 7 nitrogen and oxygen atoms in total. The minimum absolute atomic E-state index is 0.0524. The average molecular weight is 386 g/mol. The van der Waals surface area contributed by atoms with Crippen LogP contribution in [0.5, 0.6) is 5.75 Å². The molecule has 1 heterocycles. The van der Waals surface area contributed by atoms with Gasteiger partial charge in [0, 0.05) is 17.3 Å². The second kappa shape index (κ2) is 7.19. The molecule has 0 saturated carbocycles. The number of benzene rings is 2. The molecule has 0 amide bonds. The van der Waals surface area contributed by atoms with E-state index in [0.717, 1.165) is 0 Å². The molecule has 0 aliphatic carbocycles. The van der Waals surface area contributed by atoms with Gasteiger partial charge < -0.3 is 4.74 Å². The molecule has 0 spiro atoms. The number of aromatic nitrogens is 2. The van der Waals surface area contributed by atoms with Crippen molar-refractivity contribution in [3.8, 4) is 34.2 Å². The van der Waals surface area contributed by atoms with Crippen LogP contribution < -0.4 is 9.88 Å². The van der Waals surface area contributed by atoms with Gasteiger partial charge in [-0.05, 0) is 23.8 Å². The van der Waals surface area contributed by atoms with E-state index in [0.29, 0.717) is 11.1 Å². The fourth-order valence-corrected chi connectivity index (χ4v) is 3.47. The zero-order chi connectivity index (χ0) is 19.6. The molecule has 138 valence electrons. The Morgan fingerprint density at radius 2 is 2.00 bits per heavy atom. The lowest BCUT2D eigenvalue weighted by atomic mass is 10.0. The average Bonchev–Trinajstić information content (AvgIpc) is 3.05. The molecule has 3 aromatic rings. The van der Waals surface area contributed by atoms with Crippen LogP contribution in [0.2, 0.25) is 0 Å². The Balaban J connectivity index is 2.27. The van der Waals surface area contributed by atoms with E-state index >= 15 is 0 Å². The van der Waals surface area contributed by atoms with Crippen LogP contribution >= 0.6 is 0 Å². The molecule has 0 unspecified atom stereocenters. The van der Waals surface area contributed by atoms with Crippen molar-refractivity contribution in [1.82, 2.24) is 9.78 Å². The Morgan fingerprint density at radius 3 is 2.63 bits per heavy atom. The molecule has 0 bridgehead atoms.